The smallest absolute Gasteiger partial charge is 0.439 e. The van der Waals surface area contributed by atoms with Crippen LogP contribution in [0.2, 0.25) is 0 Å². The molecule has 6 aromatic rings. The summed E-state index contributed by atoms with van der Waals surface area (Å²) in [6.45, 7) is 4.35. The van der Waals surface area contributed by atoms with E-state index >= 15 is 0 Å². The maximum absolute atomic E-state index is 14.1. The summed E-state index contributed by atoms with van der Waals surface area (Å²) in [5.74, 6) is 0.388. The molecule has 3 heterocycles. The van der Waals surface area contributed by atoms with Gasteiger partial charge in [-0.1, -0.05) is 65.8 Å². The Hall–Kier alpha value is -5.49. The molecule has 3 aromatic heterocycles. The van der Waals surface area contributed by atoms with Crippen LogP contribution in [0.5, 0.6) is 5.75 Å². The first kappa shape index (κ1) is 30.5. The van der Waals surface area contributed by atoms with Gasteiger partial charge in [-0.2, -0.15) is 0 Å². The van der Waals surface area contributed by atoms with E-state index in [2.05, 4.69) is 15.3 Å². The van der Waals surface area contributed by atoms with E-state index in [-0.39, 0.29) is 18.6 Å². The minimum atomic E-state index is -0.627. The van der Waals surface area contributed by atoms with Gasteiger partial charge >= 0.3 is 11.4 Å². The van der Waals surface area contributed by atoms with Crippen molar-refractivity contribution in [1.29, 1.82) is 0 Å². The van der Waals surface area contributed by atoms with Crippen molar-refractivity contribution in [3.63, 3.8) is 0 Å². The SMILES string of the molecule is CCO/N=C(/Cn1c(=O)c2cc(CC)sc2n(Cc2ccc(-c3ccccc3-c3noc(=O)[nH]3)cc2)c1=O)c1ccc(OC)cc1. The Morgan fingerprint density at radius 3 is 2.35 bits per heavy atom. The number of aromatic amines is 1. The number of rotatable bonds is 11. The van der Waals surface area contributed by atoms with Crippen molar-refractivity contribution in [2.45, 2.75) is 33.4 Å². The third-order valence-electron chi connectivity index (χ3n) is 7.56. The molecule has 46 heavy (non-hydrogen) atoms. The molecule has 0 radical (unpaired) electrons. The van der Waals surface area contributed by atoms with Crippen molar-refractivity contribution in [3.05, 3.63) is 126 Å². The van der Waals surface area contributed by atoms with Crippen LogP contribution < -0.4 is 21.7 Å². The summed E-state index contributed by atoms with van der Waals surface area (Å²) in [7, 11) is 1.58. The van der Waals surface area contributed by atoms with E-state index in [0.717, 1.165) is 33.6 Å². The van der Waals surface area contributed by atoms with E-state index in [0.29, 0.717) is 39.7 Å². The van der Waals surface area contributed by atoms with Crippen LogP contribution in [0.3, 0.4) is 0 Å². The van der Waals surface area contributed by atoms with E-state index < -0.39 is 11.4 Å². The van der Waals surface area contributed by atoms with Gasteiger partial charge < -0.3 is 9.57 Å². The molecule has 6 rings (SSSR count). The molecule has 0 bridgehead atoms. The number of hydrogen-bond donors (Lipinski definition) is 1. The third kappa shape index (κ3) is 6.07. The van der Waals surface area contributed by atoms with E-state index in [1.54, 1.807) is 23.8 Å². The van der Waals surface area contributed by atoms with Gasteiger partial charge in [-0.15, -0.1) is 11.3 Å². The van der Waals surface area contributed by atoms with Crippen LogP contribution >= 0.6 is 11.3 Å². The second-order valence-electron chi connectivity index (χ2n) is 10.4. The standard InChI is InChI=1S/C34H31N5O6S/c1-4-25-18-28-31(40)38(20-29(36-44-5-2)23-14-16-24(43-3)17-15-23)34(42)39(32(28)46-25)19-21-10-12-22(13-11-21)26-8-6-7-9-27(26)30-35-33(41)45-37-30/h6-18H,4-5,19-20H2,1-3H3,(H,35,37,41)/b36-29-. The van der Waals surface area contributed by atoms with Crippen LogP contribution in [0.1, 0.15) is 29.9 Å². The predicted molar refractivity (Wildman–Crippen MR) is 178 cm³/mol. The second kappa shape index (κ2) is 13.2. The molecule has 0 aliphatic heterocycles. The maximum atomic E-state index is 14.1. The van der Waals surface area contributed by atoms with Gasteiger partial charge in [0, 0.05) is 16.0 Å². The highest BCUT2D eigenvalue weighted by atomic mass is 32.1. The van der Waals surface area contributed by atoms with Crippen molar-refractivity contribution in [3.8, 4) is 28.3 Å². The monoisotopic (exact) mass is 637 g/mol. The van der Waals surface area contributed by atoms with E-state index in [1.165, 1.54) is 15.9 Å². The van der Waals surface area contributed by atoms with Crippen molar-refractivity contribution in [2.24, 2.45) is 5.16 Å². The number of H-pyrrole nitrogens is 1. The number of benzene rings is 3. The van der Waals surface area contributed by atoms with E-state index in [9.17, 15) is 14.4 Å². The fraction of sp³-hybridized carbons (Fsp3) is 0.206. The van der Waals surface area contributed by atoms with Gasteiger partial charge in [0.1, 0.15) is 22.9 Å². The highest BCUT2D eigenvalue weighted by Gasteiger charge is 2.19. The third-order valence-corrected chi connectivity index (χ3v) is 8.86. The zero-order chi connectivity index (χ0) is 32.2. The number of thiophene rings is 1. The van der Waals surface area contributed by atoms with Crippen LogP contribution in [0.15, 0.2) is 103 Å². The molecule has 0 aliphatic carbocycles. The molecule has 0 aliphatic rings. The van der Waals surface area contributed by atoms with Crippen LogP contribution in [-0.2, 0) is 24.3 Å². The number of hydrogen-bond acceptors (Lipinski definition) is 9. The van der Waals surface area contributed by atoms with E-state index in [1.807, 2.05) is 80.6 Å². The summed E-state index contributed by atoms with van der Waals surface area (Å²) < 4.78 is 12.9. The Morgan fingerprint density at radius 1 is 0.957 bits per heavy atom. The summed E-state index contributed by atoms with van der Waals surface area (Å²) in [5, 5.41) is 8.60. The number of aromatic nitrogens is 4. The lowest BCUT2D eigenvalue weighted by molar-refractivity contribution is 0.158. The fourth-order valence-electron chi connectivity index (χ4n) is 5.21. The van der Waals surface area contributed by atoms with Gasteiger partial charge in [0.25, 0.3) is 5.56 Å². The van der Waals surface area contributed by atoms with Gasteiger partial charge in [0.2, 0.25) is 0 Å². The number of methoxy groups -OCH3 is 1. The fourth-order valence-corrected chi connectivity index (χ4v) is 6.29. The molecule has 11 nitrogen and oxygen atoms in total. The first-order chi connectivity index (χ1) is 22.4. The zero-order valence-corrected chi connectivity index (χ0v) is 26.3. The Labute approximate surface area is 267 Å². The lowest BCUT2D eigenvalue weighted by Gasteiger charge is -2.14. The molecule has 0 unspecified atom stereocenters. The molecule has 234 valence electrons. The summed E-state index contributed by atoms with van der Waals surface area (Å²) in [6.07, 6.45) is 0.737. The van der Waals surface area contributed by atoms with Crippen LogP contribution in [0.25, 0.3) is 32.7 Å². The second-order valence-corrected chi connectivity index (χ2v) is 11.5. The zero-order valence-electron chi connectivity index (χ0n) is 25.5. The minimum absolute atomic E-state index is 0.0723. The molecule has 3 aromatic carbocycles. The van der Waals surface area contributed by atoms with Crippen LogP contribution in [0, 0.1) is 0 Å². The molecule has 0 saturated heterocycles. The van der Waals surface area contributed by atoms with Gasteiger partial charge in [0.05, 0.1) is 25.6 Å². The largest absolute Gasteiger partial charge is 0.497 e. The van der Waals surface area contributed by atoms with Crippen molar-refractivity contribution >= 4 is 27.3 Å². The van der Waals surface area contributed by atoms with Gasteiger partial charge in [-0.05, 0) is 60.4 Å². The minimum Gasteiger partial charge on any atom is -0.497 e. The highest BCUT2D eigenvalue weighted by molar-refractivity contribution is 7.18. The Morgan fingerprint density at radius 2 is 1.70 bits per heavy atom. The van der Waals surface area contributed by atoms with E-state index in [4.69, 9.17) is 14.1 Å². The number of oxime groups is 1. The molecular weight excluding hydrogens is 606 g/mol. The summed E-state index contributed by atoms with van der Waals surface area (Å²) in [5.41, 5.74) is 3.68. The lowest BCUT2D eigenvalue weighted by Crippen LogP contribution is -2.41. The molecule has 0 spiro atoms. The van der Waals surface area contributed by atoms with Crippen molar-refractivity contribution in [2.75, 3.05) is 13.7 Å². The Bertz CT molecular complexity index is 2200. The normalized spacial score (nSPS) is 11.7. The predicted octanol–water partition coefficient (Wildman–Crippen LogP) is 5.30. The molecule has 0 fully saturated rings. The number of aryl methyl sites for hydroxylation is 1. The van der Waals surface area contributed by atoms with Crippen LogP contribution in [-0.4, -0.2) is 38.7 Å². The quantitative estimate of drug-likeness (QED) is 0.151. The number of fused-ring (bicyclic) bond motifs is 1. The van der Waals surface area contributed by atoms with Gasteiger partial charge in [-0.25, -0.2) is 9.59 Å². The Kier molecular flexibility index (Phi) is 8.79. The summed E-state index contributed by atoms with van der Waals surface area (Å²) >= 11 is 1.45. The van der Waals surface area contributed by atoms with Crippen molar-refractivity contribution in [1.82, 2.24) is 19.3 Å². The number of nitrogens with one attached hydrogen (secondary N) is 1. The molecular formula is C34H31N5O6S. The average molecular weight is 638 g/mol. The molecule has 12 heteroatoms. The Balaban J connectivity index is 1.39. The lowest BCUT2D eigenvalue weighted by atomic mass is 9.98. The summed E-state index contributed by atoms with van der Waals surface area (Å²) in [4.78, 5) is 49.1. The highest BCUT2D eigenvalue weighted by Crippen LogP contribution is 2.30. The maximum Gasteiger partial charge on any atom is 0.439 e. The average Bonchev–Trinajstić information content (AvgIpc) is 3.73. The molecule has 0 amide bonds. The molecule has 0 atom stereocenters. The first-order valence-corrected chi connectivity index (χ1v) is 15.6. The van der Waals surface area contributed by atoms with Crippen LogP contribution in [0.4, 0.5) is 0 Å². The van der Waals surface area contributed by atoms with Gasteiger partial charge in [-0.3, -0.25) is 23.4 Å². The number of nitrogens with zero attached hydrogens (tertiary/aromatic N) is 4. The molecule has 0 saturated carbocycles. The first-order valence-electron chi connectivity index (χ1n) is 14.7. The van der Waals surface area contributed by atoms with Gasteiger partial charge in [0.15, 0.2) is 5.82 Å². The molecule has 1 N–H and O–H groups in total. The number of ether oxygens (including phenoxy) is 1. The topological polar surface area (TPSA) is 134 Å². The summed E-state index contributed by atoms with van der Waals surface area (Å²) in [6, 6.07) is 24.4. The van der Waals surface area contributed by atoms with Crippen molar-refractivity contribution < 1.29 is 14.1 Å².